The summed E-state index contributed by atoms with van der Waals surface area (Å²) in [7, 11) is 0. The average Bonchev–Trinajstić information content (AvgIpc) is 3.09. The Morgan fingerprint density at radius 2 is 1.73 bits per heavy atom. The minimum absolute atomic E-state index is 0.0159. The number of hydrogen-bond donors (Lipinski definition) is 2. The van der Waals surface area contributed by atoms with Gasteiger partial charge in [0.25, 0.3) is 0 Å². The molecule has 0 aliphatic rings. The number of aromatic nitrogens is 1. The van der Waals surface area contributed by atoms with Gasteiger partial charge in [-0.25, -0.2) is 0 Å². The number of rotatable bonds is 2. The zero-order valence-electron chi connectivity index (χ0n) is 13.2. The fourth-order valence-corrected chi connectivity index (χ4v) is 3.79. The quantitative estimate of drug-likeness (QED) is 0.492. The SMILES string of the molecule is Oc1ccc2ncc3sccc3c2c1-c1ccc(C(O)C(F)(F)F)cc1. The van der Waals surface area contributed by atoms with Crippen molar-refractivity contribution < 1.29 is 23.4 Å². The fraction of sp³-hybridized carbons (Fsp3) is 0.105. The summed E-state index contributed by atoms with van der Waals surface area (Å²) in [5, 5.41) is 23.4. The fourth-order valence-electron chi connectivity index (χ4n) is 3.03. The van der Waals surface area contributed by atoms with Crippen LogP contribution in [0.4, 0.5) is 13.2 Å². The van der Waals surface area contributed by atoms with Gasteiger partial charge >= 0.3 is 6.18 Å². The molecular formula is C19H12F3NO2S. The van der Waals surface area contributed by atoms with E-state index in [0.717, 1.165) is 15.5 Å². The normalized spacial score (nSPS) is 13.4. The Balaban J connectivity index is 1.92. The standard InChI is InChI=1S/C19H12F3NO2S/c20-19(21,22)18(25)11-3-1-10(2-4-11)16-14(24)6-5-13-17(16)12-7-8-26-15(12)9-23-13/h1-9,18,24-25H. The summed E-state index contributed by atoms with van der Waals surface area (Å²) in [6, 6.07) is 10.5. The molecule has 2 N–H and O–H groups in total. The average molecular weight is 375 g/mol. The molecule has 0 aliphatic heterocycles. The monoisotopic (exact) mass is 375 g/mol. The summed E-state index contributed by atoms with van der Waals surface area (Å²) in [5.41, 5.74) is 1.49. The van der Waals surface area contributed by atoms with Crippen LogP contribution in [-0.4, -0.2) is 21.4 Å². The second-order valence-electron chi connectivity index (χ2n) is 5.88. The van der Waals surface area contributed by atoms with Crippen molar-refractivity contribution in [3.63, 3.8) is 0 Å². The highest BCUT2D eigenvalue weighted by atomic mass is 32.1. The van der Waals surface area contributed by atoms with Crippen LogP contribution in [0.2, 0.25) is 0 Å². The van der Waals surface area contributed by atoms with Crippen LogP contribution in [0.3, 0.4) is 0 Å². The minimum atomic E-state index is -4.73. The Labute approximate surface area is 150 Å². The molecule has 0 radical (unpaired) electrons. The van der Waals surface area contributed by atoms with Crippen LogP contribution < -0.4 is 0 Å². The third-order valence-electron chi connectivity index (χ3n) is 4.27. The number of hydrogen-bond acceptors (Lipinski definition) is 4. The number of alkyl halides is 3. The van der Waals surface area contributed by atoms with Gasteiger partial charge in [0.15, 0.2) is 6.10 Å². The lowest BCUT2D eigenvalue weighted by atomic mass is 9.96. The van der Waals surface area contributed by atoms with Gasteiger partial charge in [0.05, 0.1) is 10.2 Å². The van der Waals surface area contributed by atoms with Crippen molar-refractivity contribution in [2.45, 2.75) is 12.3 Å². The van der Waals surface area contributed by atoms with Crippen molar-refractivity contribution in [2.75, 3.05) is 0 Å². The summed E-state index contributed by atoms with van der Waals surface area (Å²) in [6.07, 6.45) is -5.51. The van der Waals surface area contributed by atoms with Crippen molar-refractivity contribution in [3.05, 3.63) is 59.6 Å². The van der Waals surface area contributed by atoms with E-state index in [1.54, 1.807) is 12.3 Å². The van der Waals surface area contributed by atoms with Gasteiger partial charge < -0.3 is 10.2 Å². The van der Waals surface area contributed by atoms with Crippen LogP contribution in [0.25, 0.3) is 32.1 Å². The van der Waals surface area contributed by atoms with Crippen LogP contribution in [0.1, 0.15) is 11.7 Å². The smallest absolute Gasteiger partial charge is 0.418 e. The Morgan fingerprint density at radius 3 is 2.42 bits per heavy atom. The molecule has 132 valence electrons. The van der Waals surface area contributed by atoms with Crippen molar-refractivity contribution in [2.24, 2.45) is 0 Å². The third kappa shape index (κ3) is 2.69. The largest absolute Gasteiger partial charge is 0.507 e. The number of nitrogens with zero attached hydrogens (tertiary/aromatic N) is 1. The number of fused-ring (bicyclic) bond motifs is 3. The molecule has 0 fully saturated rings. The van der Waals surface area contributed by atoms with Crippen molar-refractivity contribution in [1.29, 1.82) is 0 Å². The van der Waals surface area contributed by atoms with Crippen molar-refractivity contribution in [1.82, 2.24) is 4.98 Å². The molecule has 1 atom stereocenters. The van der Waals surface area contributed by atoms with Crippen LogP contribution in [0, 0.1) is 0 Å². The molecule has 4 aromatic rings. The van der Waals surface area contributed by atoms with E-state index in [4.69, 9.17) is 0 Å². The number of phenols is 1. The maximum atomic E-state index is 12.7. The van der Waals surface area contributed by atoms with E-state index in [2.05, 4.69) is 4.98 Å². The first-order valence-corrected chi connectivity index (χ1v) is 8.57. The molecule has 0 bridgehead atoms. The van der Waals surface area contributed by atoms with Gasteiger partial charge in [-0.1, -0.05) is 24.3 Å². The van der Waals surface area contributed by atoms with Crippen LogP contribution >= 0.6 is 11.3 Å². The van der Waals surface area contributed by atoms with Gasteiger partial charge in [-0.15, -0.1) is 11.3 Å². The summed E-state index contributed by atoms with van der Waals surface area (Å²) in [4.78, 5) is 4.40. The molecular weight excluding hydrogens is 363 g/mol. The molecule has 2 aromatic carbocycles. The number of aliphatic hydroxyl groups excluding tert-OH is 1. The Morgan fingerprint density at radius 1 is 1.00 bits per heavy atom. The van der Waals surface area contributed by atoms with E-state index in [-0.39, 0.29) is 11.3 Å². The number of thiophene rings is 1. The minimum Gasteiger partial charge on any atom is -0.507 e. The van der Waals surface area contributed by atoms with E-state index in [1.807, 2.05) is 11.4 Å². The Kier molecular flexibility index (Phi) is 3.86. The molecule has 0 saturated heterocycles. The van der Waals surface area contributed by atoms with E-state index in [1.165, 1.54) is 41.7 Å². The molecule has 7 heteroatoms. The lowest BCUT2D eigenvalue weighted by molar-refractivity contribution is -0.206. The van der Waals surface area contributed by atoms with Crippen molar-refractivity contribution in [3.8, 4) is 16.9 Å². The number of pyridine rings is 1. The van der Waals surface area contributed by atoms with E-state index in [0.29, 0.717) is 16.6 Å². The number of halogens is 3. The predicted octanol–water partition coefficient (Wildman–Crippen LogP) is 5.42. The zero-order valence-corrected chi connectivity index (χ0v) is 14.0. The van der Waals surface area contributed by atoms with Crippen LogP contribution in [0.5, 0.6) is 5.75 Å². The highest BCUT2D eigenvalue weighted by molar-refractivity contribution is 7.17. The van der Waals surface area contributed by atoms with Crippen LogP contribution in [-0.2, 0) is 0 Å². The molecule has 0 amide bonds. The summed E-state index contributed by atoms with van der Waals surface area (Å²) in [5.74, 6) is 0.0159. The lowest BCUT2D eigenvalue weighted by Gasteiger charge is -2.16. The second kappa shape index (κ2) is 5.96. The van der Waals surface area contributed by atoms with Gasteiger partial charge in [-0.3, -0.25) is 4.98 Å². The van der Waals surface area contributed by atoms with Gasteiger partial charge in [0.2, 0.25) is 0 Å². The Hall–Kier alpha value is -2.64. The zero-order chi connectivity index (χ0) is 18.5. The molecule has 0 saturated carbocycles. The highest BCUT2D eigenvalue weighted by Gasteiger charge is 2.39. The van der Waals surface area contributed by atoms with Crippen LogP contribution in [0.15, 0.2) is 54.0 Å². The lowest BCUT2D eigenvalue weighted by Crippen LogP contribution is -2.19. The molecule has 0 aliphatic carbocycles. The molecule has 2 aromatic heterocycles. The highest BCUT2D eigenvalue weighted by Crippen LogP contribution is 2.41. The summed E-state index contributed by atoms with van der Waals surface area (Å²) < 4.78 is 39.0. The van der Waals surface area contributed by atoms with E-state index < -0.39 is 12.3 Å². The molecule has 2 heterocycles. The molecule has 0 spiro atoms. The summed E-state index contributed by atoms with van der Waals surface area (Å²) in [6.45, 7) is 0. The second-order valence-corrected chi connectivity index (χ2v) is 6.82. The topological polar surface area (TPSA) is 53.4 Å². The molecule has 4 rings (SSSR count). The molecule has 26 heavy (non-hydrogen) atoms. The van der Waals surface area contributed by atoms with Gasteiger partial charge in [-0.05, 0) is 34.7 Å². The maximum absolute atomic E-state index is 12.7. The third-order valence-corrected chi connectivity index (χ3v) is 5.12. The molecule has 1 unspecified atom stereocenters. The number of aromatic hydroxyl groups is 1. The number of aliphatic hydroxyl groups is 1. The molecule has 3 nitrogen and oxygen atoms in total. The van der Waals surface area contributed by atoms with Crippen molar-refractivity contribution >= 4 is 32.3 Å². The number of phenolic OH excluding ortho intramolecular Hbond substituents is 1. The van der Waals surface area contributed by atoms with Gasteiger partial charge in [0.1, 0.15) is 5.75 Å². The first kappa shape index (κ1) is 16.8. The van der Waals surface area contributed by atoms with E-state index in [9.17, 15) is 23.4 Å². The first-order valence-electron chi connectivity index (χ1n) is 7.69. The van der Waals surface area contributed by atoms with Gasteiger partial charge in [0, 0.05) is 22.5 Å². The Bertz CT molecular complexity index is 1100. The van der Waals surface area contributed by atoms with E-state index >= 15 is 0 Å². The maximum Gasteiger partial charge on any atom is 0.418 e. The number of benzene rings is 2. The summed E-state index contributed by atoms with van der Waals surface area (Å²) >= 11 is 1.52. The predicted molar refractivity (Wildman–Crippen MR) is 95.2 cm³/mol. The van der Waals surface area contributed by atoms with Gasteiger partial charge in [-0.2, -0.15) is 13.2 Å². The first-order chi connectivity index (χ1) is 12.4.